The number of rotatable bonds is 7. The van der Waals surface area contributed by atoms with E-state index in [1.54, 1.807) is 0 Å². The Kier molecular flexibility index (Phi) is 5.76. The van der Waals surface area contributed by atoms with E-state index in [1.807, 2.05) is 10.9 Å². The third kappa shape index (κ3) is 4.54. The van der Waals surface area contributed by atoms with Gasteiger partial charge in [-0.3, -0.25) is 14.4 Å². The van der Waals surface area contributed by atoms with Crippen LogP contribution in [0.5, 0.6) is 0 Å². The van der Waals surface area contributed by atoms with E-state index in [9.17, 15) is 4.79 Å². The molecule has 1 aliphatic rings. The van der Waals surface area contributed by atoms with Gasteiger partial charge in [0.05, 0.1) is 30.9 Å². The zero-order valence-electron chi connectivity index (χ0n) is 12.9. The van der Waals surface area contributed by atoms with Crippen LogP contribution in [0.2, 0.25) is 0 Å². The molecule has 0 amide bonds. The standard InChI is InChI=1S/C15H25N3O3/c1-3-13(4-2)18-6-5-12(16-18)10-17-7-8-21-14(11-17)9-15(19)20/h5-6,13-14H,3-4,7-11H2,1-2H3,(H,19,20). The molecule has 2 rings (SSSR count). The van der Waals surface area contributed by atoms with Crippen LogP contribution in [0.3, 0.4) is 0 Å². The molecule has 118 valence electrons. The van der Waals surface area contributed by atoms with Crippen molar-refractivity contribution in [2.24, 2.45) is 0 Å². The van der Waals surface area contributed by atoms with Gasteiger partial charge in [0.2, 0.25) is 0 Å². The smallest absolute Gasteiger partial charge is 0.306 e. The lowest BCUT2D eigenvalue weighted by molar-refractivity contribution is -0.142. The van der Waals surface area contributed by atoms with Crippen molar-refractivity contribution in [1.82, 2.24) is 14.7 Å². The van der Waals surface area contributed by atoms with E-state index in [0.29, 0.717) is 19.2 Å². The Morgan fingerprint density at radius 2 is 2.29 bits per heavy atom. The fourth-order valence-electron chi connectivity index (χ4n) is 2.80. The van der Waals surface area contributed by atoms with Crippen molar-refractivity contribution in [3.63, 3.8) is 0 Å². The molecule has 0 spiro atoms. The van der Waals surface area contributed by atoms with Gasteiger partial charge >= 0.3 is 5.97 Å². The third-order valence-electron chi connectivity index (χ3n) is 3.99. The molecule has 6 heteroatoms. The van der Waals surface area contributed by atoms with Crippen molar-refractivity contribution >= 4 is 5.97 Å². The van der Waals surface area contributed by atoms with Gasteiger partial charge in [-0.15, -0.1) is 0 Å². The van der Waals surface area contributed by atoms with Crippen LogP contribution in [0, 0.1) is 0 Å². The highest BCUT2D eigenvalue weighted by Crippen LogP contribution is 2.16. The molecule has 1 unspecified atom stereocenters. The van der Waals surface area contributed by atoms with E-state index in [2.05, 4.69) is 29.9 Å². The number of ether oxygens (including phenoxy) is 1. The number of carboxylic acid groups (broad SMARTS) is 1. The number of morpholine rings is 1. The molecular formula is C15H25N3O3. The first-order valence-electron chi connectivity index (χ1n) is 7.72. The molecule has 0 bridgehead atoms. The first-order chi connectivity index (χ1) is 10.1. The summed E-state index contributed by atoms with van der Waals surface area (Å²) in [5.41, 5.74) is 1.04. The molecule has 21 heavy (non-hydrogen) atoms. The Morgan fingerprint density at radius 3 is 2.95 bits per heavy atom. The maximum atomic E-state index is 10.8. The van der Waals surface area contributed by atoms with Gasteiger partial charge in [0.1, 0.15) is 0 Å². The highest BCUT2D eigenvalue weighted by Gasteiger charge is 2.23. The lowest BCUT2D eigenvalue weighted by Crippen LogP contribution is -2.42. The second kappa shape index (κ2) is 7.56. The van der Waals surface area contributed by atoms with Crippen LogP contribution in [-0.2, 0) is 16.1 Å². The largest absolute Gasteiger partial charge is 0.481 e. The van der Waals surface area contributed by atoms with Crippen molar-refractivity contribution in [3.8, 4) is 0 Å². The lowest BCUT2D eigenvalue weighted by Gasteiger charge is -2.31. The van der Waals surface area contributed by atoms with Gasteiger partial charge < -0.3 is 9.84 Å². The van der Waals surface area contributed by atoms with Gasteiger partial charge in [-0.1, -0.05) is 13.8 Å². The second-order valence-electron chi connectivity index (χ2n) is 5.58. The summed E-state index contributed by atoms with van der Waals surface area (Å²) < 4.78 is 7.53. The summed E-state index contributed by atoms with van der Waals surface area (Å²) >= 11 is 0. The predicted molar refractivity (Wildman–Crippen MR) is 79.1 cm³/mol. The fourth-order valence-corrected chi connectivity index (χ4v) is 2.80. The molecule has 0 radical (unpaired) electrons. The molecule has 6 nitrogen and oxygen atoms in total. The number of carboxylic acids is 1. The summed E-state index contributed by atoms with van der Waals surface area (Å²) in [6.07, 6.45) is 4.06. The minimum absolute atomic E-state index is 0.0681. The van der Waals surface area contributed by atoms with Crippen LogP contribution in [0.15, 0.2) is 12.3 Å². The molecule has 2 heterocycles. The summed E-state index contributed by atoms with van der Waals surface area (Å²) in [4.78, 5) is 13.0. The molecule has 0 aliphatic carbocycles. The number of aromatic nitrogens is 2. The van der Waals surface area contributed by atoms with Crippen molar-refractivity contribution < 1.29 is 14.6 Å². The van der Waals surface area contributed by atoms with E-state index in [1.165, 1.54) is 0 Å². The number of carbonyl (C=O) groups is 1. The van der Waals surface area contributed by atoms with Gasteiger partial charge in [-0.2, -0.15) is 5.10 Å². The Hall–Kier alpha value is -1.40. The summed E-state index contributed by atoms with van der Waals surface area (Å²) in [7, 11) is 0. The molecule has 1 fully saturated rings. The van der Waals surface area contributed by atoms with Gasteiger partial charge in [0, 0.05) is 25.8 Å². The summed E-state index contributed by atoms with van der Waals surface area (Å²) in [5, 5.41) is 13.5. The molecular weight excluding hydrogens is 270 g/mol. The van der Waals surface area contributed by atoms with Crippen LogP contribution < -0.4 is 0 Å². The number of hydrogen-bond acceptors (Lipinski definition) is 4. The molecule has 1 N–H and O–H groups in total. The molecule has 1 saturated heterocycles. The molecule has 0 aromatic carbocycles. The maximum Gasteiger partial charge on any atom is 0.306 e. The fraction of sp³-hybridized carbons (Fsp3) is 0.733. The first kappa shape index (κ1) is 16.0. The topological polar surface area (TPSA) is 67.6 Å². The lowest BCUT2D eigenvalue weighted by atomic mass is 10.2. The van der Waals surface area contributed by atoms with Crippen molar-refractivity contribution in [3.05, 3.63) is 18.0 Å². The van der Waals surface area contributed by atoms with Crippen molar-refractivity contribution in [2.75, 3.05) is 19.7 Å². The van der Waals surface area contributed by atoms with Crippen LogP contribution in [0.25, 0.3) is 0 Å². The summed E-state index contributed by atoms with van der Waals surface area (Å²) in [6, 6.07) is 2.52. The second-order valence-corrected chi connectivity index (χ2v) is 5.58. The average Bonchev–Trinajstić information content (AvgIpc) is 2.88. The number of nitrogens with zero attached hydrogens (tertiary/aromatic N) is 3. The monoisotopic (exact) mass is 295 g/mol. The van der Waals surface area contributed by atoms with Gasteiger partial charge in [0.25, 0.3) is 0 Å². The van der Waals surface area contributed by atoms with Gasteiger partial charge in [0.15, 0.2) is 0 Å². The number of hydrogen-bond donors (Lipinski definition) is 1. The summed E-state index contributed by atoms with van der Waals surface area (Å²) in [6.45, 7) is 7.18. The SMILES string of the molecule is CCC(CC)n1ccc(CN2CCOC(CC(=O)O)C2)n1. The van der Waals surface area contributed by atoms with Gasteiger partial charge in [-0.25, -0.2) is 0 Å². The zero-order valence-corrected chi connectivity index (χ0v) is 12.9. The Bertz CT molecular complexity index is 457. The van der Waals surface area contributed by atoms with Crippen molar-refractivity contribution in [1.29, 1.82) is 0 Å². The predicted octanol–water partition coefficient (Wildman–Crippen LogP) is 1.92. The van der Waals surface area contributed by atoms with E-state index in [0.717, 1.165) is 31.6 Å². The van der Waals surface area contributed by atoms with E-state index >= 15 is 0 Å². The zero-order chi connectivity index (χ0) is 15.2. The minimum atomic E-state index is -0.806. The minimum Gasteiger partial charge on any atom is -0.481 e. The van der Waals surface area contributed by atoms with Gasteiger partial charge in [-0.05, 0) is 18.9 Å². The Morgan fingerprint density at radius 1 is 1.52 bits per heavy atom. The van der Waals surface area contributed by atoms with E-state index in [-0.39, 0.29) is 12.5 Å². The van der Waals surface area contributed by atoms with Crippen LogP contribution in [-0.4, -0.2) is 51.6 Å². The highest BCUT2D eigenvalue weighted by atomic mass is 16.5. The molecule has 1 atom stereocenters. The molecule has 0 saturated carbocycles. The Labute approximate surface area is 125 Å². The van der Waals surface area contributed by atoms with Crippen LogP contribution >= 0.6 is 0 Å². The molecule has 1 aromatic heterocycles. The number of aliphatic carboxylic acids is 1. The first-order valence-corrected chi connectivity index (χ1v) is 7.72. The normalized spacial score (nSPS) is 20.0. The third-order valence-corrected chi connectivity index (χ3v) is 3.99. The summed E-state index contributed by atoms with van der Waals surface area (Å²) in [5.74, 6) is -0.806. The average molecular weight is 295 g/mol. The Balaban J connectivity index is 1.90. The quantitative estimate of drug-likeness (QED) is 0.832. The van der Waals surface area contributed by atoms with Crippen LogP contribution in [0.1, 0.15) is 44.8 Å². The van der Waals surface area contributed by atoms with E-state index in [4.69, 9.17) is 9.84 Å². The molecule has 1 aromatic rings. The molecule has 1 aliphatic heterocycles. The maximum absolute atomic E-state index is 10.8. The highest BCUT2D eigenvalue weighted by molar-refractivity contribution is 5.67. The van der Waals surface area contributed by atoms with Crippen molar-refractivity contribution in [2.45, 2.75) is 51.8 Å². The van der Waals surface area contributed by atoms with E-state index < -0.39 is 5.97 Å². The van der Waals surface area contributed by atoms with Crippen LogP contribution in [0.4, 0.5) is 0 Å².